The molecule has 3 N–H and O–H groups in total. The summed E-state index contributed by atoms with van der Waals surface area (Å²) in [7, 11) is 0. The molecule has 0 radical (unpaired) electrons. The Bertz CT molecular complexity index is 782. The van der Waals surface area contributed by atoms with Gasteiger partial charge in [0.1, 0.15) is 5.75 Å². The van der Waals surface area contributed by atoms with Crippen LogP contribution >= 0.6 is 11.6 Å². The molecule has 23 heavy (non-hydrogen) atoms. The molecule has 7 heteroatoms. The Kier molecular flexibility index (Phi) is 5.18. The van der Waals surface area contributed by atoms with Gasteiger partial charge in [-0.1, -0.05) is 11.6 Å². The maximum Gasteiger partial charge on any atom is 0.262 e. The van der Waals surface area contributed by atoms with Crippen molar-refractivity contribution in [1.82, 2.24) is 0 Å². The molecule has 6 nitrogen and oxygen atoms in total. The number of amides is 2. The quantitative estimate of drug-likeness (QED) is 0.878. The maximum atomic E-state index is 11.8. The molecular formula is C16H12ClN3O3. The van der Waals surface area contributed by atoms with Crippen LogP contribution in [-0.2, 0) is 4.79 Å². The van der Waals surface area contributed by atoms with Crippen LogP contribution in [0.5, 0.6) is 5.75 Å². The Labute approximate surface area is 137 Å². The highest BCUT2D eigenvalue weighted by Gasteiger charge is 2.08. The third-order valence-corrected chi connectivity index (χ3v) is 3.17. The molecule has 0 fully saturated rings. The summed E-state index contributed by atoms with van der Waals surface area (Å²) in [6.07, 6.45) is 0. The molecule has 116 valence electrons. The van der Waals surface area contributed by atoms with Crippen LogP contribution in [0.4, 0.5) is 5.69 Å². The molecule has 2 rings (SSSR count). The van der Waals surface area contributed by atoms with Gasteiger partial charge in [0.25, 0.3) is 5.91 Å². The number of anilines is 1. The Morgan fingerprint density at radius 1 is 1.22 bits per heavy atom. The first-order chi connectivity index (χ1) is 11.0. The number of carbonyl (C=O) groups excluding carboxylic acids is 2. The summed E-state index contributed by atoms with van der Waals surface area (Å²) in [5, 5.41) is 11.6. The maximum absolute atomic E-state index is 11.8. The number of rotatable bonds is 5. The summed E-state index contributed by atoms with van der Waals surface area (Å²) in [4.78, 5) is 22.8. The molecule has 0 aliphatic rings. The molecule has 0 saturated carbocycles. The number of nitriles is 1. The van der Waals surface area contributed by atoms with Crippen molar-refractivity contribution in [3.8, 4) is 11.8 Å². The van der Waals surface area contributed by atoms with Gasteiger partial charge in [-0.2, -0.15) is 5.26 Å². The largest absolute Gasteiger partial charge is 0.482 e. The van der Waals surface area contributed by atoms with Crippen molar-refractivity contribution < 1.29 is 14.3 Å². The molecule has 0 atom stereocenters. The van der Waals surface area contributed by atoms with Crippen molar-refractivity contribution in [3.05, 3.63) is 58.6 Å². The second-order valence-electron chi connectivity index (χ2n) is 4.54. The van der Waals surface area contributed by atoms with Crippen LogP contribution < -0.4 is 15.8 Å². The van der Waals surface area contributed by atoms with E-state index in [4.69, 9.17) is 27.3 Å². The molecule has 0 spiro atoms. The van der Waals surface area contributed by atoms with E-state index in [1.54, 1.807) is 18.2 Å². The second kappa shape index (κ2) is 7.29. The number of nitrogens with one attached hydrogen (secondary N) is 1. The first-order valence-electron chi connectivity index (χ1n) is 6.52. The number of primary amides is 1. The summed E-state index contributed by atoms with van der Waals surface area (Å²) >= 11 is 5.95. The molecule has 0 bridgehead atoms. The van der Waals surface area contributed by atoms with E-state index in [0.717, 1.165) is 0 Å². The van der Waals surface area contributed by atoms with Gasteiger partial charge in [-0.3, -0.25) is 9.59 Å². The van der Waals surface area contributed by atoms with Crippen LogP contribution in [0.25, 0.3) is 0 Å². The topological polar surface area (TPSA) is 105 Å². The van der Waals surface area contributed by atoms with Gasteiger partial charge in [0.15, 0.2) is 6.61 Å². The van der Waals surface area contributed by atoms with E-state index < -0.39 is 11.8 Å². The van der Waals surface area contributed by atoms with E-state index in [9.17, 15) is 9.59 Å². The van der Waals surface area contributed by atoms with Gasteiger partial charge in [0.05, 0.1) is 16.7 Å². The van der Waals surface area contributed by atoms with Crippen LogP contribution in [0.3, 0.4) is 0 Å². The van der Waals surface area contributed by atoms with Crippen molar-refractivity contribution in [2.24, 2.45) is 5.73 Å². The fourth-order valence-electron chi connectivity index (χ4n) is 1.75. The minimum absolute atomic E-state index is 0.247. The van der Waals surface area contributed by atoms with Gasteiger partial charge in [-0.15, -0.1) is 0 Å². The number of halogens is 1. The third-order valence-electron chi connectivity index (χ3n) is 2.87. The predicted molar refractivity (Wildman–Crippen MR) is 85.3 cm³/mol. The van der Waals surface area contributed by atoms with E-state index in [1.165, 1.54) is 24.3 Å². The summed E-state index contributed by atoms with van der Waals surface area (Å²) in [6, 6.07) is 12.6. The molecule has 0 unspecified atom stereocenters. The third kappa shape index (κ3) is 4.46. The molecule has 2 aromatic rings. The Hall–Kier alpha value is -3.04. The monoisotopic (exact) mass is 329 g/mol. The summed E-state index contributed by atoms with van der Waals surface area (Å²) < 4.78 is 5.30. The van der Waals surface area contributed by atoms with Gasteiger partial charge in [0, 0.05) is 11.3 Å². The first-order valence-corrected chi connectivity index (χ1v) is 6.89. The minimum atomic E-state index is -0.540. The molecular weight excluding hydrogens is 318 g/mol. The van der Waals surface area contributed by atoms with Crippen LogP contribution in [-0.4, -0.2) is 18.4 Å². The smallest absolute Gasteiger partial charge is 0.262 e. The highest BCUT2D eigenvalue weighted by Crippen LogP contribution is 2.25. The zero-order valence-electron chi connectivity index (χ0n) is 11.9. The standard InChI is InChI=1S/C16H12ClN3O3/c17-13-7-10(8-18)1-6-14(13)23-9-15(21)20-12-4-2-11(3-5-12)16(19)22/h1-7H,9H2,(H2,19,22)(H,20,21). The zero-order valence-corrected chi connectivity index (χ0v) is 12.6. The molecule has 0 heterocycles. The van der Waals surface area contributed by atoms with Gasteiger partial charge >= 0.3 is 0 Å². The fourth-order valence-corrected chi connectivity index (χ4v) is 1.98. The van der Waals surface area contributed by atoms with E-state index in [-0.39, 0.29) is 11.6 Å². The number of hydrogen-bond donors (Lipinski definition) is 2. The van der Waals surface area contributed by atoms with Crippen LogP contribution in [0, 0.1) is 11.3 Å². The lowest BCUT2D eigenvalue weighted by Crippen LogP contribution is -2.20. The minimum Gasteiger partial charge on any atom is -0.482 e. The first kappa shape index (κ1) is 16.3. The SMILES string of the molecule is N#Cc1ccc(OCC(=O)Nc2ccc(C(N)=O)cc2)c(Cl)c1. The lowest BCUT2D eigenvalue weighted by molar-refractivity contribution is -0.118. The molecule has 0 aliphatic carbocycles. The molecule has 2 aromatic carbocycles. The van der Waals surface area contributed by atoms with Crippen LogP contribution in [0.2, 0.25) is 5.02 Å². The number of carbonyl (C=O) groups is 2. The van der Waals surface area contributed by atoms with E-state index in [0.29, 0.717) is 22.6 Å². The highest BCUT2D eigenvalue weighted by atomic mass is 35.5. The molecule has 0 saturated heterocycles. The van der Waals surface area contributed by atoms with Gasteiger partial charge in [-0.05, 0) is 42.5 Å². The number of nitrogens with two attached hydrogens (primary N) is 1. The summed E-state index contributed by atoms with van der Waals surface area (Å²) in [6.45, 7) is -0.247. The van der Waals surface area contributed by atoms with Gasteiger partial charge in [-0.25, -0.2) is 0 Å². The van der Waals surface area contributed by atoms with E-state index >= 15 is 0 Å². The fraction of sp³-hybridized carbons (Fsp3) is 0.0625. The normalized spacial score (nSPS) is 9.74. The number of benzene rings is 2. The molecule has 0 aromatic heterocycles. The highest BCUT2D eigenvalue weighted by molar-refractivity contribution is 6.32. The van der Waals surface area contributed by atoms with Crippen molar-refractivity contribution >= 4 is 29.1 Å². The zero-order chi connectivity index (χ0) is 16.8. The summed E-state index contributed by atoms with van der Waals surface area (Å²) in [5.74, 6) is -0.621. The summed E-state index contributed by atoms with van der Waals surface area (Å²) in [5.41, 5.74) is 6.40. The lowest BCUT2D eigenvalue weighted by atomic mass is 10.2. The Morgan fingerprint density at radius 2 is 1.91 bits per heavy atom. The van der Waals surface area contributed by atoms with E-state index in [1.807, 2.05) is 6.07 Å². The van der Waals surface area contributed by atoms with Gasteiger partial charge in [0.2, 0.25) is 5.91 Å². The number of hydrogen-bond acceptors (Lipinski definition) is 4. The van der Waals surface area contributed by atoms with Crippen LogP contribution in [0.1, 0.15) is 15.9 Å². The predicted octanol–water partition coefficient (Wildman–Crippen LogP) is 2.33. The second-order valence-corrected chi connectivity index (χ2v) is 4.94. The average molecular weight is 330 g/mol. The van der Waals surface area contributed by atoms with Crippen molar-refractivity contribution in [2.75, 3.05) is 11.9 Å². The average Bonchev–Trinajstić information content (AvgIpc) is 2.54. The molecule has 2 amide bonds. The molecule has 0 aliphatic heterocycles. The van der Waals surface area contributed by atoms with E-state index in [2.05, 4.69) is 5.32 Å². The van der Waals surface area contributed by atoms with Crippen molar-refractivity contribution in [2.45, 2.75) is 0 Å². The Balaban J connectivity index is 1.92. The lowest BCUT2D eigenvalue weighted by Gasteiger charge is -2.09. The Morgan fingerprint density at radius 3 is 2.48 bits per heavy atom. The van der Waals surface area contributed by atoms with Crippen molar-refractivity contribution in [1.29, 1.82) is 5.26 Å². The van der Waals surface area contributed by atoms with Gasteiger partial charge < -0.3 is 15.8 Å². The van der Waals surface area contributed by atoms with Crippen molar-refractivity contribution in [3.63, 3.8) is 0 Å². The number of nitrogens with zero attached hydrogens (tertiary/aromatic N) is 1. The number of ether oxygens (including phenoxy) is 1. The van der Waals surface area contributed by atoms with Crippen LogP contribution in [0.15, 0.2) is 42.5 Å².